The summed E-state index contributed by atoms with van der Waals surface area (Å²) in [6.45, 7) is 1.16. The molecule has 0 radical (unpaired) electrons. The molecule has 2 rings (SSSR count). The van der Waals surface area contributed by atoms with Crippen molar-refractivity contribution in [3.05, 3.63) is 28.7 Å². The van der Waals surface area contributed by atoms with E-state index < -0.39 is 0 Å². The van der Waals surface area contributed by atoms with Crippen LogP contribution in [0.4, 0.5) is 0 Å². The maximum Gasteiger partial charge on any atom is 0.232 e. The van der Waals surface area contributed by atoms with E-state index >= 15 is 0 Å². The van der Waals surface area contributed by atoms with Crippen LogP contribution in [0.1, 0.15) is 12.8 Å². The van der Waals surface area contributed by atoms with Crippen molar-refractivity contribution in [3.8, 4) is 0 Å². The number of benzene rings is 1. The zero-order valence-electron chi connectivity index (χ0n) is 9.89. The second-order valence-corrected chi connectivity index (χ2v) is 6.13. The molecule has 96 valence electrons. The molecule has 0 unspecified atom stereocenters. The predicted molar refractivity (Wildman–Crippen MR) is 75.7 cm³/mol. The van der Waals surface area contributed by atoms with Crippen molar-refractivity contribution in [2.24, 2.45) is 0 Å². The first-order chi connectivity index (χ1) is 8.65. The molecule has 0 N–H and O–H groups in total. The Kier molecular flexibility index (Phi) is 4.83. The third kappa shape index (κ3) is 3.85. The number of thioether (sulfide) groups is 1. The van der Waals surface area contributed by atoms with Gasteiger partial charge in [0.25, 0.3) is 0 Å². The standard InChI is InChI=1S/C13H14BrNO2S/c14-10-2-1-3-12(8-10)18-9-13(17)15-6-4-11(16)5-7-15/h1-3,8H,4-7,9H2. The lowest BCUT2D eigenvalue weighted by Crippen LogP contribution is -2.39. The molecule has 3 nitrogen and oxygen atoms in total. The summed E-state index contributed by atoms with van der Waals surface area (Å²) >= 11 is 4.94. The van der Waals surface area contributed by atoms with E-state index in [1.165, 1.54) is 11.8 Å². The van der Waals surface area contributed by atoms with Crippen LogP contribution in [0.3, 0.4) is 0 Å². The Labute approximate surface area is 119 Å². The van der Waals surface area contributed by atoms with Crippen LogP contribution in [0, 0.1) is 0 Å². The predicted octanol–water partition coefficient (Wildman–Crippen LogP) is 2.73. The van der Waals surface area contributed by atoms with Gasteiger partial charge in [-0.05, 0) is 18.2 Å². The molecule has 1 heterocycles. The van der Waals surface area contributed by atoms with Gasteiger partial charge in [0.05, 0.1) is 5.75 Å². The fraction of sp³-hybridized carbons (Fsp3) is 0.385. The van der Waals surface area contributed by atoms with E-state index in [2.05, 4.69) is 15.9 Å². The molecule has 1 aromatic carbocycles. The van der Waals surface area contributed by atoms with E-state index in [0.29, 0.717) is 31.7 Å². The maximum atomic E-state index is 11.9. The first kappa shape index (κ1) is 13.6. The summed E-state index contributed by atoms with van der Waals surface area (Å²) in [5, 5.41) is 0. The van der Waals surface area contributed by atoms with Gasteiger partial charge in [0.1, 0.15) is 5.78 Å². The second-order valence-electron chi connectivity index (χ2n) is 4.17. The van der Waals surface area contributed by atoms with Gasteiger partial charge in [-0.25, -0.2) is 0 Å². The van der Waals surface area contributed by atoms with Crippen molar-refractivity contribution < 1.29 is 9.59 Å². The van der Waals surface area contributed by atoms with Crippen LogP contribution in [0.5, 0.6) is 0 Å². The number of piperidine rings is 1. The van der Waals surface area contributed by atoms with Gasteiger partial charge >= 0.3 is 0 Å². The summed E-state index contributed by atoms with van der Waals surface area (Å²) in [7, 11) is 0. The van der Waals surface area contributed by atoms with E-state index in [9.17, 15) is 9.59 Å². The topological polar surface area (TPSA) is 37.4 Å². The van der Waals surface area contributed by atoms with Crippen LogP contribution in [-0.4, -0.2) is 35.4 Å². The molecular formula is C13H14BrNO2S. The average molecular weight is 328 g/mol. The molecule has 0 saturated carbocycles. The normalized spacial score (nSPS) is 15.8. The Morgan fingerprint density at radius 2 is 2.06 bits per heavy atom. The molecule has 1 aromatic rings. The van der Waals surface area contributed by atoms with Gasteiger partial charge < -0.3 is 4.90 Å². The Morgan fingerprint density at radius 3 is 2.72 bits per heavy atom. The quantitative estimate of drug-likeness (QED) is 0.801. The molecule has 0 spiro atoms. The number of rotatable bonds is 3. The van der Waals surface area contributed by atoms with E-state index in [0.717, 1.165) is 9.37 Å². The SMILES string of the molecule is O=C1CCN(C(=O)CSc2cccc(Br)c2)CC1. The van der Waals surface area contributed by atoms with Gasteiger partial charge in [-0.1, -0.05) is 22.0 Å². The molecule has 0 aromatic heterocycles. The van der Waals surface area contributed by atoms with Crippen LogP contribution in [-0.2, 0) is 9.59 Å². The van der Waals surface area contributed by atoms with Crippen LogP contribution in [0.25, 0.3) is 0 Å². The molecule has 5 heteroatoms. The zero-order chi connectivity index (χ0) is 13.0. The molecule has 0 atom stereocenters. The number of carbonyl (C=O) groups is 2. The highest BCUT2D eigenvalue weighted by atomic mass is 79.9. The molecule has 1 fully saturated rings. The summed E-state index contributed by atoms with van der Waals surface area (Å²) in [5.74, 6) is 0.816. The number of likely N-dealkylation sites (tertiary alicyclic amines) is 1. The Bertz CT molecular complexity index is 454. The Morgan fingerprint density at radius 1 is 1.33 bits per heavy atom. The Hall–Kier alpha value is -0.810. The van der Waals surface area contributed by atoms with Gasteiger partial charge in [-0.15, -0.1) is 11.8 Å². The van der Waals surface area contributed by atoms with Gasteiger partial charge in [0.2, 0.25) is 5.91 Å². The molecule has 1 aliphatic rings. The number of ketones is 1. The number of carbonyl (C=O) groups excluding carboxylic acids is 2. The summed E-state index contributed by atoms with van der Waals surface area (Å²) in [5.41, 5.74) is 0. The molecule has 1 aliphatic heterocycles. The highest BCUT2D eigenvalue weighted by Gasteiger charge is 2.20. The molecule has 0 bridgehead atoms. The third-order valence-corrected chi connectivity index (χ3v) is 4.30. The molecule has 18 heavy (non-hydrogen) atoms. The largest absolute Gasteiger partial charge is 0.341 e. The van der Waals surface area contributed by atoms with Gasteiger partial charge in [0, 0.05) is 35.3 Å². The number of halogens is 1. The van der Waals surface area contributed by atoms with Crippen LogP contribution >= 0.6 is 27.7 Å². The summed E-state index contributed by atoms with van der Waals surface area (Å²) in [6.07, 6.45) is 1.01. The van der Waals surface area contributed by atoms with E-state index in [1.54, 1.807) is 4.90 Å². The van der Waals surface area contributed by atoms with Crippen molar-refractivity contribution in [3.63, 3.8) is 0 Å². The molecule has 1 amide bonds. The average Bonchev–Trinajstić information content (AvgIpc) is 2.37. The number of amides is 1. The fourth-order valence-electron chi connectivity index (χ4n) is 1.80. The van der Waals surface area contributed by atoms with Gasteiger partial charge in [-0.2, -0.15) is 0 Å². The van der Waals surface area contributed by atoms with E-state index in [4.69, 9.17) is 0 Å². The van der Waals surface area contributed by atoms with Gasteiger partial charge in [0.15, 0.2) is 0 Å². The Balaban J connectivity index is 1.83. The fourth-order valence-corrected chi connectivity index (χ4v) is 3.21. The summed E-state index contributed by atoms with van der Waals surface area (Å²) in [4.78, 5) is 25.9. The zero-order valence-corrected chi connectivity index (χ0v) is 12.3. The summed E-state index contributed by atoms with van der Waals surface area (Å²) in [6, 6.07) is 7.90. The maximum absolute atomic E-state index is 11.9. The second kappa shape index (κ2) is 6.38. The highest BCUT2D eigenvalue weighted by Crippen LogP contribution is 2.22. The minimum atomic E-state index is 0.118. The van der Waals surface area contributed by atoms with Crippen molar-refractivity contribution in [1.29, 1.82) is 0 Å². The lowest BCUT2D eigenvalue weighted by atomic mass is 10.1. The molecule has 0 aliphatic carbocycles. The first-order valence-electron chi connectivity index (χ1n) is 5.83. The van der Waals surface area contributed by atoms with Gasteiger partial charge in [-0.3, -0.25) is 9.59 Å². The smallest absolute Gasteiger partial charge is 0.232 e. The number of nitrogens with zero attached hydrogens (tertiary/aromatic N) is 1. The van der Waals surface area contributed by atoms with E-state index in [-0.39, 0.29) is 11.7 Å². The lowest BCUT2D eigenvalue weighted by Gasteiger charge is -2.25. The van der Waals surface area contributed by atoms with E-state index in [1.807, 2.05) is 24.3 Å². The lowest BCUT2D eigenvalue weighted by molar-refractivity contribution is -0.132. The minimum Gasteiger partial charge on any atom is -0.341 e. The number of hydrogen-bond donors (Lipinski definition) is 0. The van der Waals surface area contributed by atoms with Crippen LogP contribution in [0.15, 0.2) is 33.6 Å². The van der Waals surface area contributed by atoms with Crippen molar-refractivity contribution >= 4 is 39.4 Å². The van der Waals surface area contributed by atoms with Crippen LogP contribution < -0.4 is 0 Å². The third-order valence-electron chi connectivity index (χ3n) is 2.83. The monoisotopic (exact) mass is 327 g/mol. The number of Topliss-reactive ketones (excluding diaryl/α,β-unsaturated/α-hetero) is 1. The minimum absolute atomic E-state index is 0.118. The van der Waals surface area contributed by atoms with Crippen molar-refractivity contribution in [1.82, 2.24) is 4.90 Å². The molecule has 1 saturated heterocycles. The summed E-state index contributed by atoms with van der Waals surface area (Å²) < 4.78 is 1.02. The molecular weight excluding hydrogens is 314 g/mol. The highest BCUT2D eigenvalue weighted by molar-refractivity contribution is 9.10. The van der Waals surface area contributed by atoms with Crippen LogP contribution in [0.2, 0.25) is 0 Å². The first-order valence-corrected chi connectivity index (χ1v) is 7.61. The van der Waals surface area contributed by atoms with Crippen molar-refractivity contribution in [2.75, 3.05) is 18.8 Å². The number of hydrogen-bond acceptors (Lipinski definition) is 3. The van der Waals surface area contributed by atoms with Crippen molar-refractivity contribution in [2.45, 2.75) is 17.7 Å².